The first-order valence-electron chi connectivity index (χ1n) is 8.84. The third-order valence-electron chi connectivity index (χ3n) is 5.61. The van der Waals surface area contributed by atoms with Gasteiger partial charge in [-0.2, -0.15) is 0 Å². The van der Waals surface area contributed by atoms with Crippen LogP contribution in [0.2, 0.25) is 0 Å². The Bertz CT molecular complexity index is 872. The number of ether oxygens (including phenoxy) is 3. The lowest BCUT2D eigenvalue weighted by Crippen LogP contribution is -2.56. The topological polar surface area (TPSA) is 91.8 Å². The summed E-state index contributed by atoms with van der Waals surface area (Å²) in [7, 11) is 0. The molecule has 0 bridgehead atoms. The molecule has 4 atom stereocenters. The van der Waals surface area contributed by atoms with E-state index in [0.717, 1.165) is 28.9 Å². The fraction of sp³-hybridized carbons (Fsp3) is 0.421. The Labute approximate surface area is 151 Å². The van der Waals surface area contributed by atoms with Gasteiger partial charge in [0, 0.05) is 29.9 Å². The van der Waals surface area contributed by atoms with Gasteiger partial charge in [-0.1, -0.05) is 6.07 Å². The van der Waals surface area contributed by atoms with Crippen molar-refractivity contribution < 1.29 is 14.2 Å². The van der Waals surface area contributed by atoms with Gasteiger partial charge in [-0.3, -0.25) is 0 Å². The van der Waals surface area contributed by atoms with Crippen molar-refractivity contribution in [1.29, 1.82) is 0 Å². The number of aliphatic imine (C=N–C) groups is 1. The number of fused-ring (bicyclic) bond motifs is 4. The van der Waals surface area contributed by atoms with E-state index in [9.17, 15) is 0 Å². The standard InChI is InChI=1S/C19H20N4O3/c1-11-17-16(4-5-24-11)26-15-3-2-12(13-7-21-10-22-8-13)6-14(15)19(17)9-25-18(20)23-19/h2-3,6-8,10-11,16-17H,4-5,9H2,1H3,(H2,20,23)/t11?,16-,17+,19-/m0/s1. The van der Waals surface area contributed by atoms with Crippen LogP contribution in [0.4, 0.5) is 0 Å². The molecule has 1 fully saturated rings. The summed E-state index contributed by atoms with van der Waals surface area (Å²) in [6, 6.07) is 6.34. The number of nitrogens with two attached hydrogens (primary N) is 1. The van der Waals surface area contributed by atoms with Crippen molar-refractivity contribution in [1.82, 2.24) is 9.97 Å². The minimum Gasteiger partial charge on any atom is -0.489 e. The molecule has 1 aromatic heterocycles. The first kappa shape index (κ1) is 15.6. The van der Waals surface area contributed by atoms with Crippen molar-refractivity contribution >= 4 is 6.02 Å². The summed E-state index contributed by atoms with van der Waals surface area (Å²) in [6.07, 6.45) is 5.99. The molecule has 0 radical (unpaired) electrons. The average Bonchev–Trinajstić information content (AvgIpc) is 3.04. The molecule has 7 heteroatoms. The molecular weight excluding hydrogens is 332 g/mol. The zero-order valence-corrected chi connectivity index (χ0v) is 14.5. The van der Waals surface area contributed by atoms with Gasteiger partial charge in [-0.15, -0.1) is 0 Å². The molecule has 4 heterocycles. The van der Waals surface area contributed by atoms with Crippen LogP contribution in [0.25, 0.3) is 11.1 Å². The van der Waals surface area contributed by atoms with Gasteiger partial charge in [0.05, 0.1) is 18.6 Å². The van der Waals surface area contributed by atoms with Gasteiger partial charge in [0.15, 0.2) is 0 Å². The van der Waals surface area contributed by atoms with Crippen molar-refractivity contribution in [3.63, 3.8) is 0 Å². The molecule has 7 nitrogen and oxygen atoms in total. The lowest BCUT2D eigenvalue weighted by atomic mass is 9.69. The fourth-order valence-corrected chi connectivity index (χ4v) is 4.48. The Morgan fingerprint density at radius 3 is 2.81 bits per heavy atom. The smallest absolute Gasteiger partial charge is 0.283 e. The number of hydrogen-bond donors (Lipinski definition) is 1. The molecule has 3 aliphatic heterocycles. The Morgan fingerprint density at radius 1 is 1.19 bits per heavy atom. The highest BCUT2D eigenvalue weighted by Gasteiger charge is 2.57. The molecule has 1 unspecified atom stereocenters. The van der Waals surface area contributed by atoms with Crippen molar-refractivity contribution in [2.75, 3.05) is 13.2 Å². The van der Waals surface area contributed by atoms with Crippen molar-refractivity contribution in [2.45, 2.75) is 31.1 Å². The Balaban J connectivity index is 1.69. The lowest BCUT2D eigenvalue weighted by molar-refractivity contribution is -0.116. The third kappa shape index (κ3) is 2.20. The molecule has 0 amide bonds. The molecule has 1 aromatic carbocycles. The van der Waals surface area contributed by atoms with Crippen molar-refractivity contribution in [3.05, 3.63) is 42.5 Å². The summed E-state index contributed by atoms with van der Waals surface area (Å²) in [4.78, 5) is 13.0. The number of hydrogen-bond acceptors (Lipinski definition) is 7. The molecule has 3 aliphatic rings. The van der Waals surface area contributed by atoms with Gasteiger partial charge in [0.1, 0.15) is 30.3 Å². The first-order chi connectivity index (χ1) is 12.7. The molecule has 1 spiro atoms. The number of nitrogens with zero attached hydrogens (tertiary/aromatic N) is 3. The van der Waals surface area contributed by atoms with E-state index in [4.69, 9.17) is 24.9 Å². The van der Waals surface area contributed by atoms with Crippen LogP contribution < -0.4 is 10.5 Å². The van der Waals surface area contributed by atoms with Crippen LogP contribution in [0.5, 0.6) is 5.75 Å². The van der Waals surface area contributed by atoms with Gasteiger partial charge in [0.2, 0.25) is 0 Å². The van der Waals surface area contributed by atoms with Crippen LogP contribution in [0, 0.1) is 5.92 Å². The predicted molar refractivity (Wildman–Crippen MR) is 94.7 cm³/mol. The SMILES string of the molecule is CC1OCC[C@@H]2Oc3ccc(-c4cncnc4)cc3[C@@]3(COC(N)=N3)[C@H]12. The minimum absolute atomic E-state index is 0.00358. The second-order valence-electron chi connectivity index (χ2n) is 7.05. The molecule has 1 saturated heterocycles. The average molecular weight is 352 g/mol. The Kier molecular flexibility index (Phi) is 3.40. The van der Waals surface area contributed by atoms with E-state index in [1.165, 1.54) is 6.33 Å². The number of rotatable bonds is 1. The summed E-state index contributed by atoms with van der Waals surface area (Å²) in [6.45, 7) is 3.16. The summed E-state index contributed by atoms with van der Waals surface area (Å²) >= 11 is 0. The van der Waals surface area contributed by atoms with E-state index in [-0.39, 0.29) is 24.1 Å². The maximum Gasteiger partial charge on any atom is 0.283 e. The zero-order chi connectivity index (χ0) is 17.7. The summed E-state index contributed by atoms with van der Waals surface area (Å²) in [5.74, 6) is 0.884. The van der Waals surface area contributed by atoms with Crippen LogP contribution in [-0.2, 0) is 15.0 Å². The molecular formula is C19H20N4O3. The zero-order valence-electron chi connectivity index (χ0n) is 14.5. The molecule has 2 N–H and O–H groups in total. The molecule has 2 aromatic rings. The maximum atomic E-state index is 6.34. The van der Waals surface area contributed by atoms with Crippen LogP contribution in [0.15, 0.2) is 41.9 Å². The van der Waals surface area contributed by atoms with Crippen LogP contribution >= 0.6 is 0 Å². The highest BCUT2D eigenvalue weighted by Crippen LogP contribution is 2.52. The summed E-state index contributed by atoms with van der Waals surface area (Å²) in [5, 5.41) is 0. The molecule has 134 valence electrons. The van der Waals surface area contributed by atoms with Gasteiger partial charge in [0.25, 0.3) is 6.02 Å². The number of aromatic nitrogens is 2. The van der Waals surface area contributed by atoms with E-state index in [2.05, 4.69) is 23.0 Å². The highest BCUT2D eigenvalue weighted by molar-refractivity contribution is 5.75. The van der Waals surface area contributed by atoms with Crippen molar-refractivity contribution in [2.24, 2.45) is 16.6 Å². The molecule has 26 heavy (non-hydrogen) atoms. The van der Waals surface area contributed by atoms with Gasteiger partial charge in [-0.25, -0.2) is 15.0 Å². The van der Waals surface area contributed by atoms with Crippen molar-refractivity contribution in [3.8, 4) is 16.9 Å². The molecule has 0 aliphatic carbocycles. The van der Waals surface area contributed by atoms with Crippen LogP contribution in [-0.4, -0.2) is 41.4 Å². The van der Waals surface area contributed by atoms with Gasteiger partial charge < -0.3 is 19.9 Å². The molecule has 0 saturated carbocycles. The Morgan fingerprint density at radius 2 is 2.04 bits per heavy atom. The Hall–Kier alpha value is -2.67. The molecule has 5 rings (SSSR count). The predicted octanol–water partition coefficient (Wildman–Crippen LogP) is 1.87. The largest absolute Gasteiger partial charge is 0.489 e. The minimum atomic E-state index is -0.589. The monoisotopic (exact) mass is 352 g/mol. The van der Waals surface area contributed by atoms with E-state index in [0.29, 0.717) is 13.2 Å². The first-order valence-corrected chi connectivity index (χ1v) is 8.84. The number of benzene rings is 1. The highest BCUT2D eigenvalue weighted by atomic mass is 16.5. The van der Waals surface area contributed by atoms with E-state index < -0.39 is 5.54 Å². The maximum absolute atomic E-state index is 6.34. The van der Waals surface area contributed by atoms with Gasteiger partial charge >= 0.3 is 0 Å². The second kappa shape index (κ2) is 5.67. The summed E-state index contributed by atoms with van der Waals surface area (Å²) < 4.78 is 17.9. The van der Waals surface area contributed by atoms with E-state index in [1.807, 2.05) is 12.1 Å². The van der Waals surface area contributed by atoms with Crippen LogP contribution in [0.3, 0.4) is 0 Å². The lowest BCUT2D eigenvalue weighted by Gasteiger charge is -2.48. The number of amidine groups is 1. The third-order valence-corrected chi connectivity index (χ3v) is 5.61. The second-order valence-corrected chi connectivity index (χ2v) is 7.05. The fourth-order valence-electron chi connectivity index (χ4n) is 4.48. The van der Waals surface area contributed by atoms with E-state index in [1.54, 1.807) is 12.4 Å². The normalized spacial score (nSPS) is 32.2. The summed E-state index contributed by atoms with van der Waals surface area (Å²) in [5.41, 5.74) is 8.29. The quantitative estimate of drug-likeness (QED) is 0.842. The van der Waals surface area contributed by atoms with Crippen LogP contribution in [0.1, 0.15) is 18.9 Å². The van der Waals surface area contributed by atoms with E-state index >= 15 is 0 Å². The van der Waals surface area contributed by atoms with Gasteiger partial charge in [-0.05, 0) is 24.6 Å².